The maximum atomic E-state index is 10.4. The number of aliphatic carboxylic acids is 1. The van der Waals surface area contributed by atoms with Crippen molar-refractivity contribution in [3.8, 4) is 0 Å². The number of nitrogens with zero attached hydrogens (tertiary/aromatic N) is 1. The quantitative estimate of drug-likeness (QED) is 0.675. The molecule has 1 aliphatic heterocycles. The molecule has 0 saturated carbocycles. The molecule has 0 aliphatic carbocycles. The summed E-state index contributed by atoms with van der Waals surface area (Å²) in [6, 6.07) is 0. The lowest BCUT2D eigenvalue weighted by atomic mass is 9.89. The van der Waals surface area contributed by atoms with Gasteiger partial charge in [0.25, 0.3) is 0 Å². The van der Waals surface area contributed by atoms with Gasteiger partial charge in [0.2, 0.25) is 0 Å². The third-order valence-electron chi connectivity index (χ3n) is 2.78. The largest absolute Gasteiger partial charge is 0.480 e. The minimum atomic E-state index is -0.711. The molecule has 1 saturated heterocycles. The molecule has 0 aromatic carbocycles. The first-order chi connectivity index (χ1) is 5.59. The highest BCUT2D eigenvalue weighted by Crippen LogP contribution is 2.21. The summed E-state index contributed by atoms with van der Waals surface area (Å²) in [5, 5.41) is 8.58. The van der Waals surface area contributed by atoms with E-state index in [-0.39, 0.29) is 6.54 Å². The smallest absolute Gasteiger partial charge is 0.317 e. The minimum absolute atomic E-state index is 0.205. The van der Waals surface area contributed by atoms with Gasteiger partial charge in [0.1, 0.15) is 0 Å². The summed E-state index contributed by atoms with van der Waals surface area (Å²) in [5.41, 5.74) is 0. The van der Waals surface area contributed by atoms with Gasteiger partial charge in [-0.1, -0.05) is 13.8 Å². The number of piperidine rings is 1. The Morgan fingerprint density at radius 3 is 2.67 bits per heavy atom. The molecule has 0 spiro atoms. The number of carboxylic acids is 1. The Balaban J connectivity index is 2.35. The Morgan fingerprint density at radius 1 is 1.50 bits per heavy atom. The maximum absolute atomic E-state index is 10.4. The lowest BCUT2D eigenvalue weighted by molar-refractivity contribution is -0.138. The zero-order valence-corrected chi connectivity index (χ0v) is 7.79. The van der Waals surface area contributed by atoms with E-state index in [0.717, 1.165) is 25.4 Å². The Labute approximate surface area is 73.4 Å². The average molecular weight is 171 g/mol. The molecule has 0 aromatic rings. The SMILES string of the molecule is CC1CCN(CC(=O)O)CC1C. The van der Waals surface area contributed by atoms with E-state index in [0.29, 0.717) is 5.92 Å². The third kappa shape index (κ3) is 2.48. The molecule has 1 rings (SSSR count). The summed E-state index contributed by atoms with van der Waals surface area (Å²) in [6.45, 7) is 6.52. The van der Waals surface area contributed by atoms with Gasteiger partial charge in [0, 0.05) is 6.54 Å². The van der Waals surface area contributed by atoms with Gasteiger partial charge >= 0.3 is 5.97 Å². The Bertz CT molecular complexity index is 170. The number of rotatable bonds is 2. The van der Waals surface area contributed by atoms with Gasteiger partial charge in [0.05, 0.1) is 6.54 Å². The van der Waals surface area contributed by atoms with Gasteiger partial charge in [0.15, 0.2) is 0 Å². The van der Waals surface area contributed by atoms with Crippen molar-refractivity contribution in [1.29, 1.82) is 0 Å². The van der Waals surface area contributed by atoms with Crippen molar-refractivity contribution in [3.05, 3.63) is 0 Å². The van der Waals surface area contributed by atoms with E-state index in [2.05, 4.69) is 13.8 Å². The highest BCUT2D eigenvalue weighted by Gasteiger charge is 2.23. The molecular formula is C9H17NO2. The summed E-state index contributed by atoms with van der Waals surface area (Å²) in [6.07, 6.45) is 1.13. The molecule has 0 bridgehead atoms. The molecule has 2 atom stereocenters. The van der Waals surface area contributed by atoms with E-state index in [1.807, 2.05) is 4.90 Å². The first-order valence-electron chi connectivity index (χ1n) is 4.53. The number of carboxylic acid groups (broad SMARTS) is 1. The van der Waals surface area contributed by atoms with Crippen LogP contribution in [0.3, 0.4) is 0 Å². The summed E-state index contributed by atoms with van der Waals surface area (Å²) in [4.78, 5) is 12.4. The molecular weight excluding hydrogens is 154 g/mol. The molecule has 1 heterocycles. The monoisotopic (exact) mass is 171 g/mol. The molecule has 1 fully saturated rings. The second-order valence-electron chi connectivity index (χ2n) is 3.87. The molecule has 3 heteroatoms. The van der Waals surface area contributed by atoms with Gasteiger partial charge in [-0.25, -0.2) is 0 Å². The molecule has 0 amide bonds. The van der Waals surface area contributed by atoms with Gasteiger partial charge in [-0.3, -0.25) is 9.69 Å². The van der Waals surface area contributed by atoms with E-state index in [4.69, 9.17) is 5.11 Å². The summed E-state index contributed by atoms with van der Waals surface area (Å²) >= 11 is 0. The van der Waals surface area contributed by atoms with Crippen LogP contribution < -0.4 is 0 Å². The van der Waals surface area contributed by atoms with Gasteiger partial charge in [-0.15, -0.1) is 0 Å². The van der Waals surface area contributed by atoms with Crippen LogP contribution in [0.2, 0.25) is 0 Å². The second kappa shape index (κ2) is 3.90. The first kappa shape index (κ1) is 9.52. The Morgan fingerprint density at radius 2 is 2.17 bits per heavy atom. The maximum Gasteiger partial charge on any atom is 0.317 e. The zero-order chi connectivity index (χ0) is 9.14. The topological polar surface area (TPSA) is 40.5 Å². The highest BCUT2D eigenvalue weighted by atomic mass is 16.4. The lowest BCUT2D eigenvalue weighted by Crippen LogP contribution is -2.41. The third-order valence-corrected chi connectivity index (χ3v) is 2.78. The Hall–Kier alpha value is -0.570. The van der Waals surface area contributed by atoms with Crippen LogP contribution in [0.4, 0.5) is 0 Å². The normalized spacial score (nSPS) is 31.8. The Kier molecular flexibility index (Phi) is 3.09. The van der Waals surface area contributed by atoms with Crippen LogP contribution in [0.15, 0.2) is 0 Å². The second-order valence-corrected chi connectivity index (χ2v) is 3.87. The van der Waals surface area contributed by atoms with Crippen molar-refractivity contribution >= 4 is 5.97 Å². The van der Waals surface area contributed by atoms with Crippen molar-refractivity contribution in [2.24, 2.45) is 11.8 Å². The van der Waals surface area contributed by atoms with Crippen molar-refractivity contribution in [2.75, 3.05) is 19.6 Å². The average Bonchev–Trinajstić information content (AvgIpc) is 1.96. The standard InChI is InChI=1S/C9H17NO2/c1-7-3-4-10(5-8(7)2)6-9(11)12/h7-8H,3-6H2,1-2H3,(H,11,12). The molecule has 0 radical (unpaired) electrons. The van der Waals surface area contributed by atoms with Crippen molar-refractivity contribution in [2.45, 2.75) is 20.3 Å². The van der Waals surface area contributed by atoms with Gasteiger partial charge in [-0.2, -0.15) is 0 Å². The molecule has 1 aliphatic rings. The van der Waals surface area contributed by atoms with E-state index in [9.17, 15) is 4.79 Å². The molecule has 2 unspecified atom stereocenters. The van der Waals surface area contributed by atoms with Crippen LogP contribution in [0, 0.1) is 11.8 Å². The first-order valence-corrected chi connectivity index (χ1v) is 4.53. The van der Waals surface area contributed by atoms with Crippen LogP contribution >= 0.6 is 0 Å². The van der Waals surface area contributed by atoms with Crippen molar-refractivity contribution < 1.29 is 9.90 Å². The van der Waals surface area contributed by atoms with Crippen LogP contribution in [0.5, 0.6) is 0 Å². The molecule has 3 nitrogen and oxygen atoms in total. The van der Waals surface area contributed by atoms with Crippen LogP contribution in [0.25, 0.3) is 0 Å². The van der Waals surface area contributed by atoms with E-state index in [1.165, 1.54) is 0 Å². The molecule has 70 valence electrons. The van der Waals surface area contributed by atoms with Gasteiger partial charge in [-0.05, 0) is 24.8 Å². The number of hydrogen-bond acceptors (Lipinski definition) is 2. The number of carbonyl (C=O) groups is 1. The van der Waals surface area contributed by atoms with Crippen LogP contribution in [-0.4, -0.2) is 35.6 Å². The fourth-order valence-corrected chi connectivity index (χ4v) is 1.68. The van der Waals surface area contributed by atoms with E-state index in [1.54, 1.807) is 0 Å². The van der Waals surface area contributed by atoms with Crippen LogP contribution in [0.1, 0.15) is 20.3 Å². The fourth-order valence-electron chi connectivity index (χ4n) is 1.68. The fraction of sp³-hybridized carbons (Fsp3) is 0.889. The molecule has 0 aromatic heterocycles. The van der Waals surface area contributed by atoms with Crippen molar-refractivity contribution in [1.82, 2.24) is 4.90 Å². The van der Waals surface area contributed by atoms with Crippen LogP contribution in [-0.2, 0) is 4.79 Å². The summed E-state index contributed by atoms with van der Waals surface area (Å²) < 4.78 is 0. The zero-order valence-electron chi connectivity index (χ0n) is 7.79. The van der Waals surface area contributed by atoms with Crippen molar-refractivity contribution in [3.63, 3.8) is 0 Å². The predicted octanol–water partition coefficient (Wildman–Crippen LogP) is 1.05. The molecule has 1 N–H and O–H groups in total. The summed E-state index contributed by atoms with van der Waals surface area (Å²) in [5.74, 6) is 0.671. The van der Waals surface area contributed by atoms with Gasteiger partial charge < -0.3 is 5.11 Å². The van der Waals surface area contributed by atoms with E-state index >= 15 is 0 Å². The highest BCUT2D eigenvalue weighted by molar-refractivity contribution is 5.69. The predicted molar refractivity (Wildman–Crippen MR) is 47.0 cm³/mol. The number of likely N-dealkylation sites (tertiary alicyclic amines) is 1. The number of hydrogen-bond donors (Lipinski definition) is 1. The van der Waals surface area contributed by atoms with E-state index < -0.39 is 5.97 Å². The summed E-state index contributed by atoms with van der Waals surface area (Å²) in [7, 11) is 0. The minimum Gasteiger partial charge on any atom is -0.480 e. The molecule has 12 heavy (non-hydrogen) atoms. The lowest BCUT2D eigenvalue weighted by Gasteiger charge is -2.34.